The molecule has 1 aromatic heterocycles. The molecule has 2 aliphatic heterocycles. The lowest BCUT2D eigenvalue weighted by molar-refractivity contribution is -0.0556. The van der Waals surface area contributed by atoms with Gasteiger partial charge in [0.15, 0.2) is 4.77 Å². The quantitative estimate of drug-likeness (QED) is 0.856. The average Bonchev–Trinajstić information content (AvgIpc) is 3.04. The van der Waals surface area contributed by atoms with E-state index in [0.29, 0.717) is 12.0 Å². The maximum atomic E-state index is 6.02. The van der Waals surface area contributed by atoms with Gasteiger partial charge in [0.2, 0.25) is 0 Å². The van der Waals surface area contributed by atoms with E-state index >= 15 is 0 Å². The summed E-state index contributed by atoms with van der Waals surface area (Å²) in [6, 6.07) is 0.663. The lowest BCUT2D eigenvalue weighted by Gasteiger charge is -2.35. The second kappa shape index (κ2) is 4.68. The van der Waals surface area contributed by atoms with Gasteiger partial charge in [-0.3, -0.25) is 10.00 Å². The van der Waals surface area contributed by atoms with E-state index in [-0.39, 0.29) is 6.10 Å². The largest absolute Gasteiger partial charge is 0.373 e. The van der Waals surface area contributed by atoms with Crippen LogP contribution in [0, 0.1) is 4.77 Å². The van der Waals surface area contributed by atoms with Crippen LogP contribution in [0.15, 0.2) is 0 Å². The summed E-state index contributed by atoms with van der Waals surface area (Å²) in [6.07, 6.45) is 5.37. The van der Waals surface area contributed by atoms with Crippen LogP contribution in [0.5, 0.6) is 0 Å². The summed E-state index contributed by atoms with van der Waals surface area (Å²) < 4.78 is 8.93. The van der Waals surface area contributed by atoms with Crippen molar-refractivity contribution in [3.05, 3.63) is 10.6 Å². The Bertz CT molecular complexity index is 521. The minimum atomic E-state index is 0.260. The number of nitrogens with one attached hydrogen (secondary N) is 1. The fourth-order valence-electron chi connectivity index (χ4n) is 3.36. The highest BCUT2D eigenvalue weighted by atomic mass is 32.1. The first-order valence-corrected chi connectivity index (χ1v) is 7.73. The minimum absolute atomic E-state index is 0.260. The summed E-state index contributed by atoms with van der Waals surface area (Å²) in [6.45, 7) is 4.01. The summed E-state index contributed by atoms with van der Waals surface area (Å²) in [5.41, 5.74) is 0. The number of aromatic nitrogens is 3. The molecule has 0 radical (unpaired) electrons. The number of nitrogens with zero attached hydrogens (tertiary/aromatic N) is 3. The van der Waals surface area contributed by atoms with Gasteiger partial charge in [-0.15, -0.1) is 0 Å². The topological polar surface area (TPSA) is 46.1 Å². The molecule has 2 unspecified atom stereocenters. The summed E-state index contributed by atoms with van der Waals surface area (Å²) in [5.74, 6) is 1.76. The Morgan fingerprint density at radius 1 is 1.37 bits per heavy atom. The number of fused-ring (bicyclic) bond motifs is 1. The molecule has 5 nitrogen and oxygen atoms in total. The predicted octanol–water partition coefficient (Wildman–Crippen LogP) is 1.68. The minimum Gasteiger partial charge on any atom is -0.373 e. The highest BCUT2D eigenvalue weighted by molar-refractivity contribution is 7.71. The summed E-state index contributed by atoms with van der Waals surface area (Å²) in [7, 11) is 0. The number of aromatic amines is 1. The van der Waals surface area contributed by atoms with Crippen LogP contribution >= 0.6 is 12.2 Å². The Morgan fingerprint density at radius 3 is 3.11 bits per heavy atom. The second-order valence-electron chi connectivity index (χ2n) is 6.02. The van der Waals surface area contributed by atoms with Crippen molar-refractivity contribution in [2.75, 3.05) is 19.7 Å². The Kier molecular flexibility index (Phi) is 2.97. The fourth-order valence-corrected chi connectivity index (χ4v) is 3.57. The van der Waals surface area contributed by atoms with Crippen molar-refractivity contribution in [1.82, 2.24) is 19.7 Å². The number of ether oxygens (including phenoxy) is 1. The lowest BCUT2D eigenvalue weighted by atomic mass is 10.2. The molecule has 104 valence electrons. The van der Waals surface area contributed by atoms with Crippen molar-refractivity contribution in [3.8, 4) is 0 Å². The summed E-state index contributed by atoms with van der Waals surface area (Å²) >= 11 is 5.36. The first-order valence-electron chi connectivity index (χ1n) is 7.32. The van der Waals surface area contributed by atoms with Crippen molar-refractivity contribution in [2.45, 2.75) is 50.3 Å². The third kappa shape index (κ3) is 2.26. The zero-order chi connectivity index (χ0) is 12.8. The third-order valence-electron chi connectivity index (χ3n) is 4.58. The van der Waals surface area contributed by atoms with Gasteiger partial charge in [-0.1, -0.05) is 0 Å². The van der Waals surface area contributed by atoms with Crippen LogP contribution in [-0.2, 0) is 11.3 Å². The molecule has 1 aromatic rings. The Hall–Kier alpha value is -0.720. The smallest absolute Gasteiger partial charge is 0.195 e. The molecular formula is C13H20N4OS. The van der Waals surface area contributed by atoms with Crippen LogP contribution in [-0.4, -0.2) is 51.5 Å². The fraction of sp³-hybridized carbons (Fsp3) is 0.846. The molecule has 0 spiro atoms. The molecule has 3 heterocycles. The first-order chi connectivity index (χ1) is 9.31. The molecule has 1 N–H and O–H groups in total. The van der Waals surface area contributed by atoms with Gasteiger partial charge in [-0.05, 0) is 44.4 Å². The number of hydrogen-bond acceptors (Lipinski definition) is 4. The van der Waals surface area contributed by atoms with Gasteiger partial charge in [0.25, 0.3) is 0 Å². The van der Waals surface area contributed by atoms with E-state index in [9.17, 15) is 0 Å². The van der Waals surface area contributed by atoms with Gasteiger partial charge in [-0.2, -0.15) is 5.10 Å². The maximum Gasteiger partial charge on any atom is 0.195 e. The molecule has 1 saturated carbocycles. The number of morpholine rings is 1. The molecule has 0 amide bonds. The van der Waals surface area contributed by atoms with E-state index in [1.54, 1.807) is 0 Å². The summed E-state index contributed by atoms with van der Waals surface area (Å²) in [4.78, 5) is 2.58. The zero-order valence-electron chi connectivity index (χ0n) is 11.0. The van der Waals surface area contributed by atoms with E-state index in [4.69, 9.17) is 17.0 Å². The van der Waals surface area contributed by atoms with Gasteiger partial charge >= 0.3 is 0 Å². The van der Waals surface area contributed by atoms with Gasteiger partial charge in [0.05, 0.1) is 19.3 Å². The lowest BCUT2D eigenvalue weighted by Crippen LogP contribution is -2.47. The Labute approximate surface area is 117 Å². The van der Waals surface area contributed by atoms with Gasteiger partial charge < -0.3 is 9.30 Å². The standard InChI is InChI=1S/C13H20N4OS/c19-13-15-14-12(9-3-4-9)17(13)7-11-6-16-5-1-2-10(16)8-18-11/h9-11H,1-8H2,(H,15,19). The monoisotopic (exact) mass is 280 g/mol. The van der Waals surface area contributed by atoms with Crippen LogP contribution in [0.25, 0.3) is 0 Å². The highest BCUT2D eigenvalue weighted by Crippen LogP contribution is 2.39. The average molecular weight is 280 g/mol. The van der Waals surface area contributed by atoms with Gasteiger partial charge in [0.1, 0.15) is 5.82 Å². The van der Waals surface area contributed by atoms with Crippen LogP contribution in [0.1, 0.15) is 37.4 Å². The molecule has 2 atom stereocenters. The molecule has 3 aliphatic rings. The maximum absolute atomic E-state index is 6.02. The molecule has 6 heteroatoms. The predicted molar refractivity (Wildman–Crippen MR) is 73.7 cm³/mol. The number of hydrogen-bond donors (Lipinski definition) is 1. The van der Waals surface area contributed by atoms with Crippen LogP contribution in [0.3, 0.4) is 0 Å². The molecular weight excluding hydrogens is 260 g/mol. The number of rotatable bonds is 3. The molecule has 1 aliphatic carbocycles. The normalized spacial score (nSPS) is 31.6. The van der Waals surface area contributed by atoms with Gasteiger partial charge in [0, 0.05) is 18.5 Å². The molecule has 4 rings (SSSR count). The Balaban J connectivity index is 1.49. The Morgan fingerprint density at radius 2 is 2.26 bits per heavy atom. The van der Waals surface area contributed by atoms with Crippen molar-refractivity contribution >= 4 is 12.2 Å². The van der Waals surface area contributed by atoms with E-state index in [1.165, 1.54) is 32.2 Å². The van der Waals surface area contributed by atoms with Gasteiger partial charge in [-0.25, -0.2) is 0 Å². The van der Waals surface area contributed by atoms with Crippen molar-refractivity contribution in [2.24, 2.45) is 0 Å². The van der Waals surface area contributed by atoms with Crippen LogP contribution in [0.2, 0.25) is 0 Å². The molecule has 0 bridgehead atoms. The molecule has 3 fully saturated rings. The molecule has 2 saturated heterocycles. The van der Waals surface area contributed by atoms with Crippen molar-refractivity contribution in [3.63, 3.8) is 0 Å². The molecule has 0 aromatic carbocycles. The van der Waals surface area contributed by atoms with E-state index < -0.39 is 0 Å². The van der Waals surface area contributed by atoms with Crippen molar-refractivity contribution in [1.29, 1.82) is 0 Å². The van der Waals surface area contributed by atoms with Crippen LogP contribution < -0.4 is 0 Å². The van der Waals surface area contributed by atoms with Crippen molar-refractivity contribution < 1.29 is 4.74 Å². The van der Waals surface area contributed by atoms with E-state index in [2.05, 4.69) is 19.7 Å². The summed E-state index contributed by atoms with van der Waals surface area (Å²) in [5, 5.41) is 7.33. The zero-order valence-corrected chi connectivity index (χ0v) is 11.9. The second-order valence-corrected chi connectivity index (χ2v) is 6.40. The van der Waals surface area contributed by atoms with Crippen LogP contribution in [0.4, 0.5) is 0 Å². The van der Waals surface area contributed by atoms with E-state index in [1.807, 2.05) is 0 Å². The van der Waals surface area contributed by atoms with E-state index in [0.717, 1.165) is 30.3 Å². The third-order valence-corrected chi connectivity index (χ3v) is 4.89. The highest BCUT2D eigenvalue weighted by Gasteiger charge is 2.34. The number of H-pyrrole nitrogens is 1. The first kappa shape index (κ1) is 12.1. The molecule has 19 heavy (non-hydrogen) atoms. The SMILES string of the molecule is S=c1[nH]nc(C2CC2)n1CC1CN2CCCC2CO1.